The number of aryl methyl sites for hydroxylation is 1. The zero-order valence-corrected chi connectivity index (χ0v) is 15.0. The molecule has 2 rings (SSSR count). The fourth-order valence-electron chi connectivity index (χ4n) is 2.63. The molecule has 25 heavy (non-hydrogen) atoms. The van der Waals surface area contributed by atoms with Crippen molar-refractivity contribution in [3.05, 3.63) is 64.2 Å². The molecule has 0 atom stereocenters. The number of ether oxygens (including phenoxy) is 1. The van der Waals surface area contributed by atoms with Gasteiger partial charge in [-0.1, -0.05) is 23.7 Å². The number of methoxy groups -OCH3 is 1. The first-order valence-electron chi connectivity index (χ1n) is 7.91. The van der Waals surface area contributed by atoms with Gasteiger partial charge in [-0.05, 0) is 49.2 Å². The Morgan fingerprint density at radius 1 is 1.16 bits per heavy atom. The number of amides is 2. The summed E-state index contributed by atoms with van der Waals surface area (Å²) in [6, 6.07) is 11.9. The number of primary amides is 1. The number of carbonyl (C=O) groups is 2. The van der Waals surface area contributed by atoms with Gasteiger partial charge in [0.15, 0.2) is 0 Å². The largest absolute Gasteiger partial charge is 0.385 e. The van der Waals surface area contributed by atoms with E-state index in [0.29, 0.717) is 41.4 Å². The summed E-state index contributed by atoms with van der Waals surface area (Å²) in [7, 11) is 1.60. The van der Waals surface area contributed by atoms with Crippen molar-refractivity contribution < 1.29 is 14.3 Å². The van der Waals surface area contributed by atoms with Gasteiger partial charge in [0.1, 0.15) is 0 Å². The average Bonchev–Trinajstić information content (AvgIpc) is 2.58. The van der Waals surface area contributed by atoms with Crippen LogP contribution in [0.3, 0.4) is 0 Å². The minimum Gasteiger partial charge on any atom is -0.385 e. The van der Waals surface area contributed by atoms with Crippen LogP contribution >= 0.6 is 11.6 Å². The van der Waals surface area contributed by atoms with E-state index in [4.69, 9.17) is 22.1 Å². The van der Waals surface area contributed by atoms with Crippen molar-refractivity contribution in [1.82, 2.24) is 0 Å². The van der Waals surface area contributed by atoms with Crippen LogP contribution in [0.4, 0.5) is 5.69 Å². The van der Waals surface area contributed by atoms with Gasteiger partial charge in [-0.2, -0.15) is 0 Å². The molecule has 2 amide bonds. The smallest absolute Gasteiger partial charge is 0.258 e. The maximum Gasteiger partial charge on any atom is 0.258 e. The highest BCUT2D eigenvalue weighted by Crippen LogP contribution is 2.24. The molecule has 0 unspecified atom stereocenters. The maximum atomic E-state index is 13.1. The summed E-state index contributed by atoms with van der Waals surface area (Å²) in [6.45, 7) is 2.73. The number of benzene rings is 2. The Kier molecular flexibility index (Phi) is 6.56. The maximum absolute atomic E-state index is 13.1. The number of carbonyl (C=O) groups excluding carboxylic acids is 2. The molecule has 0 heterocycles. The Hall–Kier alpha value is -2.37. The molecule has 0 bridgehead atoms. The third-order valence-electron chi connectivity index (χ3n) is 3.85. The highest BCUT2D eigenvalue weighted by Gasteiger charge is 2.22. The Morgan fingerprint density at radius 2 is 1.88 bits per heavy atom. The zero-order chi connectivity index (χ0) is 18.4. The third kappa shape index (κ3) is 4.59. The Morgan fingerprint density at radius 3 is 2.52 bits per heavy atom. The number of rotatable bonds is 7. The van der Waals surface area contributed by atoms with E-state index in [2.05, 4.69) is 0 Å². The van der Waals surface area contributed by atoms with Crippen molar-refractivity contribution in [1.29, 1.82) is 0 Å². The van der Waals surface area contributed by atoms with Crippen LogP contribution in [0.15, 0.2) is 42.5 Å². The van der Waals surface area contributed by atoms with E-state index in [1.54, 1.807) is 54.5 Å². The summed E-state index contributed by atoms with van der Waals surface area (Å²) in [5.74, 6) is -0.785. The number of hydrogen-bond donors (Lipinski definition) is 1. The number of nitrogens with two attached hydrogens (primary N) is 1. The lowest BCUT2D eigenvalue weighted by atomic mass is 10.1. The normalized spacial score (nSPS) is 10.5. The summed E-state index contributed by atoms with van der Waals surface area (Å²) < 4.78 is 5.08. The summed E-state index contributed by atoms with van der Waals surface area (Å²) >= 11 is 5.98. The van der Waals surface area contributed by atoms with Gasteiger partial charge in [0.25, 0.3) is 11.8 Å². The van der Waals surface area contributed by atoms with Crippen molar-refractivity contribution in [3.63, 3.8) is 0 Å². The van der Waals surface area contributed by atoms with Gasteiger partial charge in [0.05, 0.1) is 11.3 Å². The molecule has 0 aliphatic heterocycles. The van der Waals surface area contributed by atoms with E-state index in [1.165, 1.54) is 0 Å². The van der Waals surface area contributed by atoms with Gasteiger partial charge in [-0.15, -0.1) is 0 Å². The van der Waals surface area contributed by atoms with E-state index in [1.807, 2.05) is 6.92 Å². The van der Waals surface area contributed by atoms with Crippen LogP contribution in [0, 0.1) is 6.92 Å². The monoisotopic (exact) mass is 360 g/mol. The van der Waals surface area contributed by atoms with Gasteiger partial charge in [0.2, 0.25) is 0 Å². The third-order valence-corrected chi connectivity index (χ3v) is 4.09. The summed E-state index contributed by atoms with van der Waals surface area (Å²) in [6.07, 6.45) is 0.627. The number of hydrogen-bond acceptors (Lipinski definition) is 3. The minimum absolute atomic E-state index is 0.209. The van der Waals surface area contributed by atoms with Crippen molar-refractivity contribution in [2.45, 2.75) is 13.3 Å². The van der Waals surface area contributed by atoms with E-state index >= 15 is 0 Å². The Bertz CT molecular complexity index is 777. The highest BCUT2D eigenvalue weighted by molar-refractivity contribution is 6.30. The molecule has 0 aromatic heterocycles. The van der Waals surface area contributed by atoms with Crippen LogP contribution < -0.4 is 10.6 Å². The lowest BCUT2D eigenvalue weighted by molar-refractivity contribution is 0.0982. The lowest BCUT2D eigenvalue weighted by Gasteiger charge is -2.25. The molecule has 6 heteroatoms. The SMILES string of the molecule is COCCCN(C(=O)c1ccc(Cl)cc1C)c1ccccc1C(N)=O. The average molecular weight is 361 g/mol. The predicted octanol–water partition coefficient (Wildman–Crippen LogP) is 3.43. The predicted molar refractivity (Wildman–Crippen MR) is 99.3 cm³/mol. The zero-order valence-electron chi connectivity index (χ0n) is 14.3. The number of para-hydroxylation sites is 1. The summed E-state index contributed by atoms with van der Waals surface area (Å²) in [5.41, 5.74) is 7.57. The Balaban J connectivity index is 2.45. The van der Waals surface area contributed by atoms with E-state index in [0.717, 1.165) is 5.56 Å². The molecule has 2 aromatic carbocycles. The lowest BCUT2D eigenvalue weighted by Crippen LogP contribution is -2.34. The molecule has 132 valence electrons. The first-order valence-corrected chi connectivity index (χ1v) is 8.29. The molecule has 0 spiro atoms. The molecule has 0 saturated carbocycles. The molecule has 0 aliphatic carbocycles. The minimum atomic E-state index is -0.576. The van der Waals surface area contributed by atoms with Gasteiger partial charge >= 0.3 is 0 Å². The molecule has 5 nitrogen and oxygen atoms in total. The van der Waals surface area contributed by atoms with Crippen LogP contribution in [0.25, 0.3) is 0 Å². The molecule has 0 radical (unpaired) electrons. The van der Waals surface area contributed by atoms with Gasteiger partial charge in [0, 0.05) is 30.8 Å². The fraction of sp³-hybridized carbons (Fsp3) is 0.263. The first-order chi connectivity index (χ1) is 12.0. The molecule has 2 aromatic rings. The van der Waals surface area contributed by atoms with E-state index < -0.39 is 5.91 Å². The van der Waals surface area contributed by atoms with Crippen molar-refractivity contribution in [2.75, 3.05) is 25.2 Å². The van der Waals surface area contributed by atoms with Gasteiger partial charge in [-0.25, -0.2) is 0 Å². The summed E-state index contributed by atoms with van der Waals surface area (Å²) in [5, 5.41) is 0.567. The molecule has 0 saturated heterocycles. The van der Waals surface area contributed by atoms with E-state index in [9.17, 15) is 9.59 Å². The van der Waals surface area contributed by atoms with Crippen LogP contribution in [0.1, 0.15) is 32.7 Å². The van der Waals surface area contributed by atoms with Crippen molar-refractivity contribution in [2.24, 2.45) is 5.73 Å². The van der Waals surface area contributed by atoms with E-state index in [-0.39, 0.29) is 5.91 Å². The van der Waals surface area contributed by atoms with Gasteiger partial charge in [-0.3, -0.25) is 9.59 Å². The van der Waals surface area contributed by atoms with Crippen LogP contribution in [0.5, 0.6) is 0 Å². The van der Waals surface area contributed by atoms with Crippen LogP contribution in [0.2, 0.25) is 5.02 Å². The van der Waals surface area contributed by atoms with Crippen molar-refractivity contribution in [3.8, 4) is 0 Å². The molecule has 2 N–H and O–H groups in total. The summed E-state index contributed by atoms with van der Waals surface area (Å²) in [4.78, 5) is 26.5. The Labute approximate surface area is 152 Å². The standard InChI is InChI=1S/C19H21ClN2O3/c1-13-12-14(20)8-9-15(13)19(24)22(10-5-11-25-2)17-7-4-3-6-16(17)18(21)23/h3-4,6-9,12H,5,10-11H2,1-2H3,(H2,21,23). The highest BCUT2D eigenvalue weighted by atomic mass is 35.5. The van der Waals surface area contributed by atoms with Crippen LogP contribution in [-0.4, -0.2) is 32.1 Å². The molecular formula is C19H21ClN2O3. The second-order valence-corrected chi connectivity index (χ2v) is 6.08. The number of anilines is 1. The number of nitrogens with zero attached hydrogens (tertiary/aromatic N) is 1. The number of halogens is 1. The second kappa shape index (κ2) is 8.65. The quantitative estimate of drug-likeness (QED) is 0.769. The van der Waals surface area contributed by atoms with Crippen LogP contribution in [-0.2, 0) is 4.74 Å². The molecular weight excluding hydrogens is 340 g/mol. The molecule has 0 aliphatic rings. The molecule has 0 fully saturated rings. The second-order valence-electron chi connectivity index (χ2n) is 5.64. The first kappa shape index (κ1) is 19.0. The fourth-order valence-corrected chi connectivity index (χ4v) is 2.85. The van der Waals surface area contributed by atoms with Crippen molar-refractivity contribution >= 4 is 29.1 Å². The topological polar surface area (TPSA) is 72.6 Å². The van der Waals surface area contributed by atoms with Gasteiger partial charge < -0.3 is 15.4 Å².